The fraction of sp³-hybridized carbons (Fsp3) is 0.0444. The number of rotatable bonds is 8. The molecule has 0 amide bonds. The largest absolute Gasteiger partial charge is 0.250 e. The van der Waals surface area contributed by atoms with Crippen LogP contribution in [0.1, 0.15) is 25.2 Å². The second-order valence-corrected chi connectivity index (χ2v) is 13.7. The average Bonchev–Trinajstić information content (AvgIpc) is 3.17. The molecule has 6 aromatic carbocycles. The predicted octanol–water partition coefficient (Wildman–Crippen LogP) is 13.6. The van der Waals surface area contributed by atoms with Gasteiger partial charge in [0.1, 0.15) is 0 Å². The van der Waals surface area contributed by atoms with Crippen LogP contribution in [0, 0.1) is 0 Å². The molecule has 0 atom stereocenters. The van der Waals surface area contributed by atoms with Gasteiger partial charge in [-0.1, -0.05) is 127 Å². The highest BCUT2D eigenvalue weighted by Crippen LogP contribution is 2.42. The summed E-state index contributed by atoms with van der Waals surface area (Å²) in [5.74, 6) is 0. The van der Waals surface area contributed by atoms with Crippen LogP contribution in [0.5, 0.6) is 0 Å². The van der Waals surface area contributed by atoms with E-state index in [1.807, 2.05) is 56.3 Å². The van der Waals surface area contributed by atoms with Gasteiger partial charge in [-0.05, 0) is 115 Å². The molecule has 0 spiro atoms. The smallest absolute Gasteiger partial charge is 0.0854 e. The highest BCUT2D eigenvalue weighted by molar-refractivity contribution is 9.11. The van der Waals surface area contributed by atoms with Crippen molar-refractivity contribution in [3.05, 3.63) is 184 Å². The van der Waals surface area contributed by atoms with E-state index in [0.717, 1.165) is 87.6 Å². The van der Waals surface area contributed by atoms with E-state index in [9.17, 15) is 0 Å². The highest BCUT2D eigenvalue weighted by Gasteiger charge is 2.16. The van der Waals surface area contributed by atoms with Crippen LogP contribution in [0.3, 0.4) is 0 Å². The maximum absolute atomic E-state index is 5.19. The van der Waals surface area contributed by atoms with E-state index in [0.29, 0.717) is 0 Å². The van der Waals surface area contributed by atoms with Crippen LogP contribution in [0.15, 0.2) is 183 Å². The van der Waals surface area contributed by atoms with E-state index in [4.69, 9.17) is 15.0 Å². The summed E-state index contributed by atoms with van der Waals surface area (Å²) in [5.41, 5.74) is 13.8. The molecule has 242 valence electrons. The molecule has 0 fully saturated rings. The minimum absolute atomic E-state index is 0.789. The number of pyridine rings is 1. The van der Waals surface area contributed by atoms with Gasteiger partial charge in [0.2, 0.25) is 0 Å². The lowest BCUT2D eigenvalue weighted by molar-refractivity contribution is 1.24. The lowest BCUT2D eigenvalue weighted by atomic mass is 9.97. The first kappa shape index (κ1) is 33.3. The van der Waals surface area contributed by atoms with E-state index in [-0.39, 0.29) is 0 Å². The van der Waals surface area contributed by atoms with Crippen LogP contribution in [-0.2, 0) is 0 Å². The van der Waals surface area contributed by atoms with Gasteiger partial charge in [0.25, 0.3) is 0 Å². The molecule has 50 heavy (non-hydrogen) atoms. The summed E-state index contributed by atoms with van der Waals surface area (Å²) < 4.78 is 1.84. The Morgan fingerprint density at radius 3 is 1.10 bits per heavy atom. The van der Waals surface area contributed by atoms with Crippen molar-refractivity contribution < 1.29 is 0 Å². The number of hydrogen-bond acceptors (Lipinski definition) is 3. The van der Waals surface area contributed by atoms with Gasteiger partial charge in [-0.15, -0.1) is 0 Å². The third-order valence-electron chi connectivity index (χ3n) is 8.56. The van der Waals surface area contributed by atoms with Crippen LogP contribution in [-0.4, -0.2) is 16.4 Å². The fourth-order valence-corrected chi connectivity index (χ4v) is 7.08. The van der Waals surface area contributed by atoms with Gasteiger partial charge in [-0.2, -0.15) is 0 Å². The minimum Gasteiger partial charge on any atom is -0.250 e. The SMILES string of the molecule is C/C(=N\c1c(Br)cc(-c2ccccc2)cc1-c1ccccc1)c1cccc(/C(C)=N/c2c(Br)cc(-c3ccccc3)cc2-c2ccccc2)n1. The van der Waals surface area contributed by atoms with Crippen molar-refractivity contribution in [2.24, 2.45) is 9.98 Å². The van der Waals surface area contributed by atoms with Gasteiger partial charge in [-0.25, -0.2) is 15.0 Å². The summed E-state index contributed by atoms with van der Waals surface area (Å²) in [6.07, 6.45) is 0. The third-order valence-corrected chi connectivity index (χ3v) is 9.77. The van der Waals surface area contributed by atoms with Gasteiger partial charge >= 0.3 is 0 Å². The molecule has 0 radical (unpaired) electrons. The number of halogens is 2. The van der Waals surface area contributed by atoms with Crippen LogP contribution >= 0.6 is 31.9 Å². The Balaban J connectivity index is 1.28. The summed E-state index contributed by atoms with van der Waals surface area (Å²) >= 11 is 7.74. The first-order valence-corrected chi connectivity index (χ1v) is 18.0. The van der Waals surface area contributed by atoms with Crippen molar-refractivity contribution in [2.45, 2.75) is 13.8 Å². The zero-order valence-electron chi connectivity index (χ0n) is 27.7. The van der Waals surface area contributed by atoms with Crippen molar-refractivity contribution in [2.75, 3.05) is 0 Å². The van der Waals surface area contributed by atoms with Crippen molar-refractivity contribution in [1.82, 2.24) is 4.98 Å². The molecular formula is C45H33Br2N3. The van der Waals surface area contributed by atoms with Crippen molar-refractivity contribution in [1.29, 1.82) is 0 Å². The first-order valence-electron chi connectivity index (χ1n) is 16.4. The molecule has 0 N–H and O–H groups in total. The average molecular weight is 776 g/mol. The summed E-state index contributed by atoms with van der Waals surface area (Å²) in [4.78, 5) is 15.4. The van der Waals surface area contributed by atoms with E-state index < -0.39 is 0 Å². The molecular weight excluding hydrogens is 742 g/mol. The Morgan fingerprint density at radius 1 is 0.400 bits per heavy atom. The Bertz CT molecular complexity index is 2170. The maximum Gasteiger partial charge on any atom is 0.0854 e. The topological polar surface area (TPSA) is 37.6 Å². The van der Waals surface area contributed by atoms with Crippen molar-refractivity contribution in [3.8, 4) is 44.5 Å². The van der Waals surface area contributed by atoms with Gasteiger partial charge < -0.3 is 0 Å². The normalized spacial score (nSPS) is 11.8. The molecule has 0 unspecified atom stereocenters. The zero-order chi connectivity index (χ0) is 34.5. The van der Waals surface area contributed by atoms with E-state index >= 15 is 0 Å². The Labute approximate surface area is 310 Å². The molecule has 5 heteroatoms. The molecule has 1 heterocycles. The second kappa shape index (κ2) is 15.1. The molecule has 0 aliphatic rings. The summed E-state index contributed by atoms with van der Waals surface area (Å²) in [7, 11) is 0. The van der Waals surface area contributed by atoms with Gasteiger partial charge in [0.05, 0.1) is 34.2 Å². The first-order chi connectivity index (χ1) is 24.4. The number of hydrogen-bond donors (Lipinski definition) is 0. The molecule has 0 saturated carbocycles. The van der Waals surface area contributed by atoms with E-state index in [2.05, 4.69) is 153 Å². The highest BCUT2D eigenvalue weighted by atomic mass is 79.9. The number of aromatic nitrogens is 1. The van der Waals surface area contributed by atoms with Crippen LogP contribution in [0.2, 0.25) is 0 Å². The van der Waals surface area contributed by atoms with E-state index in [1.165, 1.54) is 0 Å². The summed E-state index contributed by atoms with van der Waals surface area (Å²) in [6, 6.07) is 56.4. The molecule has 7 rings (SSSR count). The molecule has 1 aromatic heterocycles. The Kier molecular flexibility index (Phi) is 10.1. The van der Waals surface area contributed by atoms with Gasteiger partial charge in [0.15, 0.2) is 0 Å². The van der Waals surface area contributed by atoms with E-state index in [1.54, 1.807) is 0 Å². The number of nitrogens with zero attached hydrogens (tertiary/aromatic N) is 3. The Morgan fingerprint density at radius 2 is 0.740 bits per heavy atom. The maximum atomic E-state index is 5.19. The Hall–Kier alpha value is -5.23. The lowest BCUT2D eigenvalue weighted by Crippen LogP contribution is -2.05. The summed E-state index contributed by atoms with van der Waals surface area (Å²) in [5, 5.41) is 0. The van der Waals surface area contributed by atoms with Crippen LogP contribution in [0.25, 0.3) is 44.5 Å². The molecule has 0 aliphatic heterocycles. The van der Waals surface area contributed by atoms with Crippen LogP contribution < -0.4 is 0 Å². The molecule has 0 aliphatic carbocycles. The molecule has 0 saturated heterocycles. The zero-order valence-corrected chi connectivity index (χ0v) is 30.9. The number of aliphatic imine (C=N–C) groups is 2. The lowest BCUT2D eigenvalue weighted by Gasteiger charge is -2.14. The quantitative estimate of drug-likeness (QED) is 0.142. The fourth-order valence-electron chi connectivity index (χ4n) is 5.98. The molecule has 0 bridgehead atoms. The second-order valence-electron chi connectivity index (χ2n) is 12.0. The monoisotopic (exact) mass is 773 g/mol. The van der Waals surface area contributed by atoms with Crippen molar-refractivity contribution in [3.63, 3.8) is 0 Å². The van der Waals surface area contributed by atoms with Crippen molar-refractivity contribution >= 4 is 54.7 Å². The van der Waals surface area contributed by atoms with Gasteiger partial charge in [-0.3, -0.25) is 0 Å². The third kappa shape index (κ3) is 7.35. The standard InChI is InChI=1S/C45H33Br2N3/c1-30(48-44-38(34-20-11-5-12-21-34)26-36(28-40(44)46)32-16-7-3-8-17-32)42-24-15-25-43(50-42)31(2)49-45-39(35-22-13-6-14-23-35)27-37(29-41(45)47)33-18-9-4-10-19-33/h3-29H,1-2H3/b48-30+,49-31+. The molecule has 7 aromatic rings. The number of benzene rings is 6. The van der Waals surface area contributed by atoms with Gasteiger partial charge in [0, 0.05) is 20.1 Å². The minimum atomic E-state index is 0.789. The van der Waals surface area contributed by atoms with Crippen LogP contribution in [0.4, 0.5) is 11.4 Å². The molecule has 3 nitrogen and oxygen atoms in total. The predicted molar refractivity (Wildman–Crippen MR) is 218 cm³/mol. The summed E-state index contributed by atoms with van der Waals surface area (Å²) in [6.45, 7) is 4.02.